The molecule has 0 saturated heterocycles. The van der Waals surface area contributed by atoms with E-state index in [1.807, 2.05) is 31.2 Å². The maximum atomic E-state index is 10.4. The number of hydrogen-bond donors (Lipinski definition) is 2. The summed E-state index contributed by atoms with van der Waals surface area (Å²) >= 11 is 0. The molecule has 1 fully saturated rings. The molecule has 1 aliphatic carbocycles. The zero-order valence-corrected chi connectivity index (χ0v) is 11.1. The molecule has 18 heavy (non-hydrogen) atoms. The lowest BCUT2D eigenvalue weighted by Gasteiger charge is -2.32. The Balaban J connectivity index is 1.85. The lowest BCUT2D eigenvalue weighted by molar-refractivity contribution is 0.0167. The summed E-state index contributed by atoms with van der Waals surface area (Å²) in [4.78, 5) is 0. The molecule has 1 aliphatic rings. The Morgan fingerprint density at radius 1 is 1.17 bits per heavy atom. The van der Waals surface area contributed by atoms with Crippen molar-refractivity contribution in [2.45, 2.75) is 44.6 Å². The first kappa shape index (κ1) is 13.2. The highest BCUT2D eigenvalue weighted by atomic mass is 16.5. The van der Waals surface area contributed by atoms with Crippen molar-refractivity contribution in [3.05, 3.63) is 24.3 Å². The summed E-state index contributed by atoms with van der Waals surface area (Å²) in [6.45, 7) is 3.30. The second-order valence-corrected chi connectivity index (χ2v) is 5.10. The van der Waals surface area contributed by atoms with Crippen LogP contribution in [0, 0.1) is 0 Å². The van der Waals surface area contributed by atoms with Crippen molar-refractivity contribution in [3.63, 3.8) is 0 Å². The zero-order valence-electron chi connectivity index (χ0n) is 11.1. The zero-order chi connectivity index (χ0) is 12.8. The molecule has 0 heterocycles. The number of anilines is 1. The number of aliphatic hydroxyl groups is 1. The van der Waals surface area contributed by atoms with Crippen molar-refractivity contribution in [1.29, 1.82) is 0 Å². The molecule has 2 rings (SSSR count). The molecule has 0 aromatic heterocycles. The van der Waals surface area contributed by atoms with E-state index >= 15 is 0 Å². The molecule has 1 saturated carbocycles. The second kappa shape index (κ2) is 6.10. The van der Waals surface area contributed by atoms with E-state index in [0.717, 1.165) is 37.1 Å². The van der Waals surface area contributed by atoms with Gasteiger partial charge in [0, 0.05) is 12.2 Å². The average Bonchev–Trinajstić information content (AvgIpc) is 2.39. The van der Waals surface area contributed by atoms with Crippen LogP contribution in [0.25, 0.3) is 0 Å². The molecule has 2 N–H and O–H groups in total. The van der Waals surface area contributed by atoms with Crippen molar-refractivity contribution in [3.8, 4) is 5.75 Å². The maximum absolute atomic E-state index is 10.4. The van der Waals surface area contributed by atoms with Crippen LogP contribution in [0.1, 0.15) is 39.0 Å². The van der Waals surface area contributed by atoms with Gasteiger partial charge < -0.3 is 15.2 Å². The molecule has 0 amide bonds. The van der Waals surface area contributed by atoms with Crippen LogP contribution in [-0.4, -0.2) is 23.9 Å². The smallest absolute Gasteiger partial charge is 0.119 e. The van der Waals surface area contributed by atoms with Crippen molar-refractivity contribution >= 4 is 5.69 Å². The molecule has 1 aromatic carbocycles. The first-order chi connectivity index (χ1) is 8.72. The van der Waals surface area contributed by atoms with Crippen molar-refractivity contribution < 1.29 is 9.84 Å². The highest BCUT2D eigenvalue weighted by Gasteiger charge is 2.28. The van der Waals surface area contributed by atoms with E-state index in [0.29, 0.717) is 13.2 Å². The Morgan fingerprint density at radius 2 is 1.83 bits per heavy atom. The second-order valence-electron chi connectivity index (χ2n) is 5.10. The molecule has 100 valence electrons. The van der Waals surface area contributed by atoms with Gasteiger partial charge in [-0.15, -0.1) is 0 Å². The predicted molar refractivity (Wildman–Crippen MR) is 74.1 cm³/mol. The summed E-state index contributed by atoms with van der Waals surface area (Å²) in [7, 11) is 0. The van der Waals surface area contributed by atoms with Gasteiger partial charge >= 0.3 is 0 Å². The fourth-order valence-corrected chi connectivity index (χ4v) is 2.49. The van der Waals surface area contributed by atoms with Gasteiger partial charge in [0.2, 0.25) is 0 Å². The number of rotatable bonds is 5. The van der Waals surface area contributed by atoms with Gasteiger partial charge in [-0.1, -0.05) is 19.3 Å². The van der Waals surface area contributed by atoms with Crippen molar-refractivity contribution in [1.82, 2.24) is 0 Å². The predicted octanol–water partition coefficient (Wildman–Crippen LogP) is 3.19. The summed E-state index contributed by atoms with van der Waals surface area (Å²) in [5.41, 5.74) is 0.522. The lowest BCUT2D eigenvalue weighted by atomic mass is 9.85. The fraction of sp³-hybridized carbons (Fsp3) is 0.600. The van der Waals surface area contributed by atoms with Gasteiger partial charge in [-0.05, 0) is 44.0 Å². The van der Waals surface area contributed by atoms with Gasteiger partial charge in [-0.25, -0.2) is 0 Å². The minimum atomic E-state index is -0.517. The topological polar surface area (TPSA) is 41.5 Å². The SMILES string of the molecule is CCOc1ccc(NCC2(O)CCCCC2)cc1. The van der Waals surface area contributed by atoms with Crippen LogP contribution in [0.3, 0.4) is 0 Å². The van der Waals surface area contributed by atoms with E-state index < -0.39 is 5.60 Å². The Hall–Kier alpha value is -1.22. The van der Waals surface area contributed by atoms with Gasteiger partial charge in [0.1, 0.15) is 5.75 Å². The van der Waals surface area contributed by atoms with E-state index in [2.05, 4.69) is 5.32 Å². The Kier molecular flexibility index (Phi) is 4.48. The van der Waals surface area contributed by atoms with Crippen LogP contribution >= 0.6 is 0 Å². The van der Waals surface area contributed by atoms with Crippen molar-refractivity contribution in [2.75, 3.05) is 18.5 Å². The summed E-state index contributed by atoms with van der Waals surface area (Å²) in [6, 6.07) is 7.90. The summed E-state index contributed by atoms with van der Waals surface area (Å²) < 4.78 is 5.40. The lowest BCUT2D eigenvalue weighted by Crippen LogP contribution is -2.38. The molecule has 0 radical (unpaired) electrons. The van der Waals surface area contributed by atoms with Crippen LogP contribution in [0.2, 0.25) is 0 Å². The molecular weight excluding hydrogens is 226 g/mol. The third kappa shape index (κ3) is 3.64. The van der Waals surface area contributed by atoms with Gasteiger partial charge in [0.15, 0.2) is 0 Å². The molecule has 3 heteroatoms. The van der Waals surface area contributed by atoms with E-state index in [9.17, 15) is 5.11 Å². The van der Waals surface area contributed by atoms with Crippen LogP contribution in [0.15, 0.2) is 24.3 Å². The van der Waals surface area contributed by atoms with Gasteiger partial charge in [-0.3, -0.25) is 0 Å². The molecule has 0 spiro atoms. The maximum Gasteiger partial charge on any atom is 0.119 e. The van der Waals surface area contributed by atoms with Gasteiger partial charge in [0.05, 0.1) is 12.2 Å². The normalized spacial score (nSPS) is 18.3. The Morgan fingerprint density at radius 3 is 2.44 bits per heavy atom. The van der Waals surface area contributed by atoms with E-state index in [1.54, 1.807) is 0 Å². The fourth-order valence-electron chi connectivity index (χ4n) is 2.49. The molecular formula is C15H23NO2. The van der Waals surface area contributed by atoms with Crippen LogP contribution in [0.5, 0.6) is 5.75 Å². The molecule has 0 unspecified atom stereocenters. The number of benzene rings is 1. The van der Waals surface area contributed by atoms with Gasteiger partial charge in [0.25, 0.3) is 0 Å². The standard InChI is InChI=1S/C15H23NO2/c1-2-18-14-8-6-13(7-9-14)16-12-15(17)10-4-3-5-11-15/h6-9,16-17H,2-5,10-12H2,1H3. The minimum Gasteiger partial charge on any atom is -0.494 e. The highest BCUT2D eigenvalue weighted by Crippen LogP contribution is 2.28. The molecule has 0 atom stereocenters. The first-order valence-electron chi connectivity index (χ1n) is 6.91. The Bertz CT molecular complexity index is 355. The van der Waals surface area contributed by atoms with E-state index in [1.165, 1.54) is 6.42 Å². The largest absolute Gasteiger partial charge is 0.494 e. The number of hydrogen-bond acceptors (Lipinski definition) is 3. The third-order valence-corrected chi connectivity index (χ3v) is 3.57. The quantitative estimate of drug-likeness (QED) is 0.842. The van der Waals surface area contributed by atoms with Crippen LogP contribution < -0.4 is 10.1 Å². The van der Waals surface area contributed by atoms with E-state index in [-0.39, 0.29) is 0 Å². The molecule has 1 aromatic rings. The van der Waals surface area contributed by atoms with Crippen LogP contribution in [-0.2, 0) is 0 Å². The van der Waals surface area contributed by atoms with Crippen LogP contribution in [0.4, 0.5) is 5.69 Å². The summed E-state index contributed by atoms with van der Waals surface area (Å²) in [5.74, 6) is 0.888. The Labute approximate surface area is 109 Å². The first-order valence-corrected chi connectivity index (χ1v) is 6.91. The minimum absolute atomic E-state index is 0.517. The van der Waals surface area contributed by atoms with E-state index in [4.69, 9.17) is 4.74 Å². The number of nitrogens with one attached hydrogen (secondary N) is 1. The molecule has 3 nitrogen and oxygen atoms in total. The van der Waals surface area contributed by atoms with Crippen molar-refractivity contribution in [2.24, 2.45) is 0 Å². The van der Waals surface area contributed by atoms with Gasteiger partial charge in [-0.2, -0.15) is 0 Å². The summed E-state index contributed by atoms with van der Waals surface area (Å²) in [5, 5.41) is 13.7. The molecule has 0 bridgehead atoms. The monoisotopic (exact) mass is 249 g/mol. The highest BCUT2D eigenvalue weighted by molar-refractivity contribution is 5.46. The number of ether oxygens (including phenoxy) is 1. The molecule has 0 aliphatic heterocycles. The average molecular weight is 249 g/mol. The third-order valence-electron chi connectivity index (χ3n) is 3.57. The summed E-state index contributed by atoms with van der Waals surface area (Å²) in [6.07, 6.45) is 5.36.